The van der Waals surface area contributed by atoms with Crippen LogP contribution in [0.3, 0.4) is 0 Å². The van der Waals surface area contributed by atoms with E-state index in [9.17, 15) is 18.3 Å². The van der Waals surface area contributed by atoms with Crippen LogP contribution in [0.1, 0.15) is 18.4 Å². The number of quaternary nitrogens is 1. The fourth-order valence-electron chi connectivity index (χ4n) is 4.63. The van der Waals surface area contributed by atoms with Gasteiger partial charge in [0.2, 0.25) is 0 Å². The number of aromatic nitrogens is 2. The fraction of sp³-hybridized carbons (Fsp3) is 0.333. The van der Waals surface area contributed by atoms with Gasteiger partial charge in [-0.2, -0.15) is 13.2 Å². The number of thiophene rings is 1. The lowest BCUT2D eigenvalue weighted by Gasteiger charge is -2.32. The zero-order valence-corrected chi connectivity index (χ0v) is 20.9. The third kappa shape index (κ3) is 6.03. The van der Waals surface area contributed by atoms with Gasteiger partial charge in [-0.05, 0) is 29.8 Å². The fourth-order valence-corrected chi connectivity index (χ4v) is 5.54. The van der Waals surface area contributed by atoms with Gasteiger partial charge < -0.3 is 20.1 Å². The normalized spacial score (nSPS) is 15.7. The van der Waals surface area contributed by atoms with E-state index in [1.165, 1.54) is 12.1 Å². The molecule has 0 amide bonds. The van der Waals surface area contributed by atoms with E-state index in [2.05, 4.69) is 37.7 Å². The molecule has 1 aliphatic heterocycles. The molecular formula is C27H28F3N4O2S+. The van der Waals surface area contributed by atoms with Crippen molar-refractivity contribution in [1.82, 2.24) is 9.97 Å². The summed E-state index contributed by atoms with van der Waals surface area (Å²) in [6, 6.07) is 15.2. The van der Waals surface area contributed by atoms with Crippen molar-refractivity contribution in [2.24, 2.45) is 0 Å². The molecule has 3 heterocycles. The van der Waals surface area contributed by atoms with Crippen LogP contribution in [0.15, 0.2) is 66.3 Å². The van der Waals surface area contributed by atoms with Crippen LogP contribution < -0.4 is 15.0 Å². The largest absolute Gasteiger partial charge is 0.491 e. The SMILES string of the molecule is OC(C[NH2+]C1CCN(c2ncnc3scc(-c4ccccc4)c23)CC1)COc1ccc(C(F)(F)F)cc1. The molecule has 194 valence electrons. The molecule has 0 radical (unpaired) electrons. The molecule has 1 saturated heterocycles. The summed E-state index contributed by atoms with van der Waals surface area (Å²) in [5.41, 5.74) is 1.58. The maximum absolute atomic E-state index is 12.7. The van der Waals surface area contributed by atoms with E-state index in [-0.39, 0.29) is 6.61 Å². The molecule has 2 aromatic carbocycles. The van der Waals surface area contributed by atoms with Gasteiger partial charge in [0.15, 0.2) is 0 Å². The predicted molar refractivity (Wildman–Crippen MR) is 138 cm³/mol. The Morgan fingerprint density at radius 1 is 1.05 bits per heavy atom. The maximum Gasteiger partial charge on any atom is 0.416 e. The molecule has 0 bridgehead atoms. The number of rotatable bonds is 8. The van der Waals surface area contributed by atoms with Crippen LogP contribution in [-0.4, -0.2) is 53.5 Å². The Balaban J connectivity index is 1.13. The third-order valence-electron chi connectivity index (χ3n) is 6.64. The molecule has 5 rings (SSSR count). The average Bonchev–Trinajstić information content (AvgIpc) is 3.36. The molecule has 4 aromatic rings. The van der Waals surface area contributed by atoms with Crippen LogP contribution in [0.2, 0.25) is 0 Å². The van der Waals surface area contributed by atoms with E-state index in [4.69, 9.17) is 4.74 Å². The number of ether oxygens (including phenoxy) is 1. The molecule has 1 fully saturated rings. The minimum absolute atomic E-state index is 0.0278. The van der Waals surface area contributed by atoms with Gasteiger partial charge in [0.1, 0.15) is 42.0 Å². The number of anilines is 1. The van der Waals surface area contributed by atoms with E-state index in [1.54, 1.807) is 17.7 Å². The maximum atomic E-state index is 12.7. The van der Waals surface area contributed by atoms with Crippen LogP contribution in [0.4, 0.5) is 19.0 Å². The third-order valence-corrected chi connectivity index (χ3v) is 7.53. The quantitative estimate of drug-likeness (QED) is 0.355. The molecule has 3 N–H and O–H groups in total. The lowest BCUT2D eigenvalue weighted by atomic mass is 10.0. The Kier molecular flexibility index (Phi) is 7.59. The molecule has 0 spiro atoms. The molecule has 1 unspecified atom stereocenters. The van der Waals surface area contributed by atoms with E-state index >= 15 is 0 Å². The van der Waals surface area contributed by atoms with Gasteiger partial charge in [-0.25, -0.2) is 9.97 Å². The number of aliphatic hydroxyl groups excluding tert-OH is 1. The van der Waals surface area contributed by atoms with Crippen molar-refractivity contribution in [1.29, 1.82) is 0 Å². The van der Waals surface area contributed by atoms with Gasteiger partial charge in [0.05, 0.1) is 17.0 Å². The van der Waals surface area contributed by atoms with Gasteiger partial charge in [0.25, 0.3) is 0 Å². The van der Waals surface area contributed by atoms with Crippen molar-refractivity contribution in [3.05, 3.63) is 71.9 Å². The smallest absolute Gasteiger partial charge is 0.416 e. The van der Waals surface area contributed by atoms with E-state index in [0.717, 1.165) is 65.2 Å². The monoisotopic (exact) mass is 529 g/mol. The zero-order chi connectivity index (χ0) is 25.8. The Labute approximate surface area is 216 Å². The van der Waals surface area contributed by atoms with Gasteiger partial charge in [-0.3, -0.25) is 0 Å². The first-order valence-electron chi connectivity index (χ1n) is 12.2. The minimum atomic E-state index is -4.38. The summed E-state index contributed by atoms with van der Waals surface area (Å²) < 4.78 is 43.5. The predicted octanol–water partition coefficient (Wildman–Crippen LogP) is 4.35. The Hall–Kier alpha value is -3.21. The van der Waals surface area contributed by atoms with Crippen LogP contribution in [-0.2, 0) is 6.18 Å². The number of nitrogens with zero attached hydrogens (tertiary/aromatic N) is 3. The molecule has 10 heteroatoms. The number of halogens is 3. The van der Waals surface area contributed by atoms with Gasteiger partial charge >= 0.3 is 6.18 Å². The van der Waals surface area contributed by atoms with Gasteiger partial charge in [0, 0.05) is 36.9 Å². The summed E-state index contributed by atoms with van der Waals surface area (Å²) in [6.45, 7) is 2.21. The highest BCUT2D eigenvalue weighted by Gasteiger charge is 2.30. The topological polar surface area (TPSA) is 75.1 Å². The van der Waals surface area contributed by atoms with E-state index in [0.29, 0.717) is 18.3 Å². The highest BCUT2D eigenvalue weighted by molar-refractivity contribution is 7.17. The molecule has 0 aliphatic carbocycles. The Morgan fingerprint density at radius 2 is 1.78 bits per heavy atom. The lowest BCUT2D eigenvalue weighted by molar-refractivity contribution is -0.696. The second-order valence-electron chi connectivity index (χ2n) is 9.18. The Bertz CT molecular complexity index is 1310. The van der Waals surface area contributed by atoms with Crippen LogP contribution in [0, 0.1) is 0 Å². The second kappa shape index (κ2) is 11.0. The van der Waals surface area contributed by atoms with E-state index in [1.807, 2.05) is 18.2 Å². The molecular weight excluding hydrogens is 501 g/mol. The van der Waals surface area contributed by atoms with Crippen molar-refractivity contribution < 1.29 is 28.3 Å². The number of aliphatic hydroxyl groups is 1. The van der Waals surface area contributed by atoms with Crippen molar-refractivity contribution in [2.45, 2.75) is 31.2 Å². The average molecular weight is 530 g/mol. The molecule has 0 saturated carbocycles. The Morgan fingerprint density at radius 3 is 2.49 bits per heavy atom. The standard InChI is InChI=1S/C27H27F3N4O2S/c28-27(29,30)19-6-8-22(9-7-19)36-15-21(35)14-31-20-10-12-34(13-11-20)25-24-23(18-4-2-1-3-5-18)16-37-26(24)33-17-32-25/h1-9,16-17,20-21,31,35H,10-15H2/p+1. The number of hydrogen-bond donors (Lipinski definition) is 2. The van der Waals surface area contributed by atoms with E-state index < -0.39 is 17.8 Å². The number of benzene rings is 2. The highest BCUT2D eigenvalue weighted by atomic mass is 32.1. The van der Waals surface area contributed by atoms with Crippen molar-refractivity contribution >= 4 is 27.4 Å². The van der Waals surface area contributed by atoms with Crippen LogP contribution in [0.25, 0.3) is 21.3 Å². The second-order valence-corrected chi connectivity index (χ2v) is 10.0. The molecule has 2 aromatic heterocycles. The van der Waals surface area contributed by atoms with Crippen LogP contribution in [0.5, 0.6) is 5.75 Å². The molecule has 37 heavy (non-hydrogen) atoms. The number of alkyl halides is 3. The first kappa shape index (κ1) is 25.4. The summed E-state index contributed by atoms with van der Waals surface area (Å²) in [7, 11) is 0. The summed E-state index contributed by atoms with van der Waals surface area (Å²) >= 11 is 1.63. The van der Waals surface area contributed by atoms with Crippen molar-refractivity contribution in [3.63, 3.8) is 0 Å². The van der Waals surface area contributed by atoms with Gasteiger partial charge in [-0.15, -0.1) is 11.3 Å². The van der Waals surface area contributed by atoms with Gasteiger partial charge in [-0.1, -0.05) is 30.3 Å². The summed E-state index contributed by atoms with van der Waals surface area (Å²) in [4.78, 5) is 12.4. The first-order valence-corrected chi connectivity index (χ1v) is 13.1. The zero-order valence-electron chi connectivity index (χ0n) is 20.1. The lowest BCUT2D eigenvalue weighted by Crippen LogP contribution is -2.92. The number of fused-ring (bicyclic) bond motifs is 1. The molecule has 1 atom stereocenters. The molecule has 6 nitrogen and oxygen atoms in total. The molecule has 1 aliphatic rings. The first-order chi connectivity index (χ1) is 17.9. The summed E-state index contributed by atoms with van der Waals surface area (Å²) in [5.74, 6) is 1.27. The van der Waals surface area contributed by atoms with Crippen molar-refractivity contribution in [2.75, 3.05) is 31.1 Å². The summed E-state index contributed by atoms with van der Waals surface area (Å²) in [6.07, 6.45) is -1.57. The number of hydrogen-bond acceptors (Lipinski definition) is 6. The van der Waals surface area contributed by atoms with Crippen LogP contribution >= 0.6 is 11.3 Å². The minimum Gasteiger partial charge on any atom is -0.491 e. The highest BCUT2D eigenvalue weighted by Crippen LogP contribution is 2.38. The number of nitrogens with two attached hydrogens (primary N) is 1. The number of piperidine rings is 1. The van der Waals surface area contributed by atoms with Crippen molar-refractivity contribution in [3.8, 4) is 16.9 Å². The summed E-state index contributed by atoms with van der Waals surface area (Å²) in [5, 5.41) is 15.7.